The summed E-state index contributed by atoms with van der Waals surface area (Å²) < 4.78 is 50.7. The van der Waals surface area contributed by atoms with Crippen LogP contribution in [0, 0.1) is 5.92 Å². The number of ether oxygens (including phenoxy) is 2. The van der Waals surface area contributed by atoms with E-state index in [-0.39, 0.29) is 48.5 Å². The van der Waals surface area contributed by atoms with Gasteiger partial charge in [-0.05, 0) is 48.9 Å². The summed E-state index contributed by atoms with van der Waals surface area (Å²) in [5.74, 6) is 0.0106. The van der Waals surface area contributed by atoms with Gasteiger partial charge in [0, 0.05) is 58.3 Å². The van der Waals surface area contributed by atoms with E-state index in [0.717, 1.165) is 25.0 Å². The van der Waals surface area contributed by atoms with Gasteiger partial charge in [-0.1, -0.05) is 18.2 Å². The van der Waals surface area contributed by atoms with Crippen molar-refractivity contribution < 1.29 is 37.0 Å². The molecule has 44 heavy (non-hydrogen) atoms. The van der Waals surface area contributed by atoms with Crippen LogP contribution < -0.4 is 10.1 Å². The minimum absolute atomic E-state index is 0.0316. The van der Waals surface area contributed by atoms with Gasteiger partial charge in [0.1, 0.15) is 12.3 Å². The topological polar surface area (TPSA) is 104 Å². The molecule has 1 aromatic carbocycles. The van der Waals surface area contributed by atoms with Gasteiger partial charge in [0.05, 0.1) is 24.8 Å². The number of hydrogen-bond acceptors (Lipinski definition) is 7. The number of carbonyl (C=O) groups is 3. The number of carbonyl (C=O) groups excluding carboxylic acids is 3. The predicted octanol–water partition coefficient (Wildman–Crippen LogP) is 2.97. The van der Waals surface area contributed by atoms with Crippen molar-refractivity contribution in [3.63, 3.8) is 0 Å². The van der Waals surface area contributed by atoms with Crippen LogP contribution in [0.1, 0.15) is 47.8 Å². The molecule has 2 atom stereocenters. The second kappa shape index (κ2) is 13.9. The highest BCUT2D eigenvalue weighted by molar-refractivity contribution is 5.92. The predicted molar refractivity (Wildman–Crippen MR) is 154 cm³/mol. The Kier molecular flexibility index (Phi) is 10.0. The van der Waals surface area contributed by atoms with E-state index in [4.69, 9.17) is 9.47 Å². The zero-order valence-electron chi connectivity index (χ0n) is 24.7. The number of benzene rings is 1. The summed E-state index contributed by atoms with van der Waals surface area (Å²) in [7, 11) is 0. The maximum absolute atomic E-state index is 13.9. The number of pyridine rings is 1. The molecule has 0 unspecified atom stereocenters. The average molecular weight is 618 g/mol. The fourth-order valence-corrected chi connectivity index (χ4v) is 6.07. The minimum atomic E-state index is -4.44. The van der Waals surface area contributed by atoms with Gasteiger partial charge in [-0.25, -0.2) is 4.98 Å². The molecule has 2 fully saturated rings. The van der Waals surface area contributed by atoms with Gasteiger partial charge in [0.25, 0.3) is 5.91 Å². The van der Waals surface area contributed by atoms with E-state index in [1.807, 2.05) is 9.80 Å². The Hall–Kier alpha value is -3.71. The number of alkyl halides is 3. The maximum Gasteiger partial charge on any atom is 0.416 e. The van der Waals surface area contributed by atoms with Crippen LogP contribution in [-0.4, -0.2) is 102 Å². The standard InChI is InChI=1S/C31H38F3N5O5/c1-21(40)38-13-14-43-15-16-44-28-4-2-3-26(36-28)29(41)35-25-17-27(30(42)37-11-9-23(18-38)10-12-37)39(20-25)19-22-5-7-24(8-6-22)31(32,33)34/h2-8,23,25,27H,9-20H2,1H3,(H,35,41)/t25-,27-/m0/s1. The smallest absolute Gasteiger partial charge is 0.416 e. The first-order chi connectivity index (χ1) is 21.1. The summed E-state index contributed by atoms with van der Waals surface area (Å²) in [6, 6.07) is 8.90. The van der Waals surface area contributed by atoms with Gasteiger partial charge in [-0.15, -0.1) is 0 Å². The lowest BCUT2D eigenvalue weighted by molar-refractivity contribution is -0.138. The molecule has 0 spiro atoms. The van der Waals surface area contributed by atoms with Crippen molar-refractivity contribution in [2.75, 3.05) is 52.5 Å². The molecule has 0 aliphatic carbocycles. The van der Waals surface area contributed by atoms with Gasteiger partial charge in [-0.2, -0.15) is 13.2 Å². The van der Waals surface area contributed by atoms with Crippen molar-refractivity contribution in [2.24, 2.45) is 5.92 Å². The highest BCUT2D eigenvalue weighted by Gasteiger charge is 2.40. The van der Waals surface area contributed by atoms with Gasteiger partial charge >= 0.3 is 6.18 Å². The Labute approximate surface area is 254 Å². The molecule has 2 saturated heterocycles. The van der Waals surface area contributed by atoms with E-state index >= 15 is 0 Å². The Bertz CT molecular complexity index is 1320. The van der Waals surface area contributed by atoms with Crippen molar-refractivity contribution in [1.29, 1.82) is 0 Å². The lowest BCUT2D eigenvalue weighted by atomic mass is 9.95. The van der Waals surface area contributed by atoms with Crippen LogP contribution in [0.25, 0.3) is 0 Å². The molecule has 10 nitrogen and oxygen atoms in total. The van der Waals surface area contributed by atoms with E-state index in [0.29, 0.717) is 57.9 Å². The number of amides is 3. The Morgan fingerprint density at radius 1 is 1.00 bits per heavy atom. The normalized spacial score (nSPS) is 24.4. The monoisotopic (exact) mass is 617 g/mol. The van der Waals surface area contributed by atoms with Crippen molar-refractivity contribution in [1.82, 2.24) is 25.0 Å². The van der Waals surface area contributed by atoms with Crippen molar-refractivity contribution in [2.45, 2.75) is 51.0 Å². The fourth-order valence-electron chi connectivity index (χ4n) is 6.07. The maximum atomic E-state index is 13.9. The van der Waals surface area contributed by atoms with Crippen LogP contribution in [0.2, 0.25) is 0 Å². The summed E-state index contributed by atoms with van der Waals surface area (Å²) in [4.78, 5) is 49.2. The summed E-state index contributed by atoms with van der Waals surface area (Å²) in [6.45, 7) is 5.14. The molecule has 6 bridgehead atoms. The van der Waals surface area contributed by atoms with Crippen LogP contribution in [0.4, 0.5) is 13.2 Å². The summed E-state index contributed by atoms with van der Waals surface area (Å²) in [6.07, 6.45) is -2.58. The van der Waals surface area contributed by atoms with Gasteiger partial charge in [0.15, 0.2) is 0 Å². The summed E-state index contributed by atoms with van der Waals surface area (Å²) in [5, 5.41) is 2.99. The van der Waals surface area contributed by atoms with Gasteiger partial charge in [-0.3, -0.25) is 19.3 Å². The van der Waals surface area contributed by atoms with Crippen molar-refractivity contribution in [3.8, 4) is 5.88 Å². The lowest BCUT2D eigenvalue weighted by Crippen LogP contribution is -2.49. The van der Waals surface area contributed by atoms with Crippen LogP contribution in [0.15, 0.2) is 42.5 Å². The number of nitrogens with one attached hydrogen (secondary N) is 1. The molecule has 6 rings (SSSR count). The van der Waals surface area contributed by atoms with E-state index in [2.05, 4.69) is 10.3 Å². The number of rotatable bonds is 2. The molecule has 0 radical (unpaired) electrons. The Balaban J connectivity index is 1.35. The second-order valence-corrected chi connectivity index (χ2v) is 11.6. The first-order valence-corrected chi connectivity index (χ1v) is 15.0. The molecule has 0 saturated carbocycles. The molecule has 4 aliphatic rings. The van der Waals surface area contributed by atoms with Crippen LogP contribution >= 0.6 is 0 Å². The number of fused-ring (bicyclic) bond motifs is 10. The van der Waals surface area contributed by atoms with E-state index in [9.17, 15) is 27.6 Å². The fraction of sp³-hybridized carbons (Fsp3) is 0.548. The molecular formula is C31H38F3N5O5. The van der Waals surface area contributed by atoms with E-state index in [1.54, 1.807) is 30.0 Å². The number of hydrogen-bond donors (Lipinski definition) is 1. The number of piperidine rings is 1. The third-order valence-electron chi connectivity index (χ3n) is 8.48. The third-order valence-corrected chi connectivity index (χ3v) is 8.48. The first kappa shape index (κ1) is 31.7. The molecule has 13 heteroatoms. The SMILES string of the molecule is CC(=O)N1CCOCCOc2cccc(n2)C(=O)N[C@H]2C[C@@H](C(=O)N3CCC(CC3)C1)N(Cc1ccc(C(F)(F)F)cc1)C2. The molecule has 2 aromatic rings. The molecule has 5 heterocycles. The Morgan fingerprint density at radius 3 is 2.45 bits per heavy atom. The molecule has 1 N–H and O–H groups in total. The van der Waals surface area contributed by atoms with Crippen molar-refractivity contribution >= 4 is 17.7 Å². The first-order valence-electron chi connectivity index (χ1n) is 15.0. The number of halogens is 3. The Morgan fingerprint density at radius 2 is 1.75 bits per heavy atom. The highest BCUT2D eigenvalue weighted by Crippen LogP contribution is 2.30. The van der Waals surface area contributed by atoms with E-state index < -0.39 is 23.7 Å². The van der Waals surface area contributed by atoms with Crippen LogP contribution in [0.3, 0.4) is 0 Å². The van der Waals surface area contributed by atoms with Crippen molar-refractivity contribution in [3.05, 3.63) is 59.3 Å². The summed E-state index contributed by atoms with van der Waals surface area (Å²) >= 11 is 0. The second-order valence-electron chi connectivity index (χ2n) is 11.6. The number of likely N-dealkylation sites (tertiary alicyclic amines) is 1. The van der Waals surface area contributed by atoms with Gasteiger partial charge in [0.2, 0.25) is 17.7 Å². The number of aromatic nitrogens is 1. The molecule has 238 valence electrons. The van der Waals surface area contributed by atoms with Crippen LogP contribution in [0.5, 0.6) is 5.88 Å². The zero-order chi connectivity index (χ0) is 31.3. The molecular weight excluding hydrogens is 579 g/mol. The van der Waals surface area contributed by atoms with Crippen LogP contribution in [-0.2, 0) is 27.0 Å². The van der Waals surface area contributed by atoms with Gasteiger partial charge < -0.3 is 24.6 Å². The lowest BCUT2D eigenvalue weighted by Gasteiger charge is -2.37. The average Bonchev–Trinajstić information content (AvgIpc) is 3.39. The molecule has 4 aliphatic heterocycles. The highest BCUT2D eigenvalue weighted by atomic mass is 19.4. The molecule has 1 aromatic heterocycles. The quantitative estimate of drug-likeness (QED) is 0.517. The largest absolute Gasteiger partial charge is 0.475 e. The summed E-state index contributed by atoms with van der Waals surface area (Å²) in [5.41, 5.74) is 0.0733. The molecule has 3 amide bonds. The van der Waals surface area contributed by atoms with E-state index in [1.165, 1.54) is 12.1 Å². The minimum Gasteiger partial charge on any atom is -0.475 e. The third kappa shape index (κ3) is 8.06. The zero-order valence-corrected chi connectivity index (χ0v) is 24.7. The number of nitrogens with zero attached hydrogens (tertiary/aromatic N) is 4.